The van der Waals surface area contributed by atoms with Crippen molar-refractivity contribution in [2.24, 2.45) is 12.2 Å². The number of aromatic nitrogens is 4. The van der Waals surface area contributed by atoms with E-state index in [1.807, 2.05) is 4.90 Å². The summed E-state index contributed by atoms with van der Waals surface area (Å²) in [6, 6.07) is 9.48. The van der Waals surface area contributed by atoms with Crippen LogP contribution in [0.15, 0.2) is 51.9 Å². The molecule has 2 aromatic heterocycles. The van der Waals surface area contributed by atoms with Gasteiger partial charge < -0.3 is 9.42 Å². The average molecular weight is 504 g/mol. The highest BCUT2D eigenvalue weighted by Gasteiger charge is 2.34. The molecule has 0 unspecified atom stereocenters. The Labute approximate surface area is 198 Å². The molecule has 5 rings (SSSR count). The number of fused-ring (bicyclic) bond motifs is 1. The predicted molar refractivity (Wildman–Crippen MR) is 119 cm³/mol. The molecule has 0 saturated heterocycles. The lowest BCUT2D eigenvalue weighted by Crippen LogP contribution is -2.18. The molecular weight excluding hydrogens is 485 g/mol. The molecule has 35 heavy (non-hydrogen) atoms. The summed E-state index contributed by atoms with van der Waals surface area (Å²) < 4.78 is 69.6. The highest BCUT2D eigenvalue weighted by Crippen LogP contribution is 2.39. The Hall–Kier alpha value is -3.71. The quantitative estimate of drug-likeness (QED) is 0.451. The van der Waals surface area contributed by atoms with Crippen LogP contribution in [0.1, 0.15) is 22.4 Å². The molecule has 0 bridgehead atoms. The summed E-state index contributed by atoms with van der Waals surface area (Å²) in [6.07, 6.45) is -4.41. The van der Waals surface area contributed by atoms with Crippen molar-refractivity contribution in [3.63, 3.8) is 0 Å². The zero-order valence-corrected chi connectivity index (χ0v) is 19.4. The van der Waals surface area contributed by atoms with Crippen molar-refractivity contribution < 1.29 is 26.1 Å². The van der Waals surface area contributed by atoms with Gasteiger partial charge in [0.1, 0.15) is 11.4 Å². The van der Waals surface area contributed by atoms with Crippen LogP contribution in [-0.2, 0) is 36.3 Å². The average Bonchev–Trinajstić information content (AvgIpc) is 3.48. The van der Waals surface area contributed by atoms with Crippen LogP contribution in [0.5, 0.6) is 0 Å². The second-order valence-corrected chi connectivity index (χ2v) is 9.80. The van der Waals surface area contributed by atoms with Gasteiger partial charge in [0, 0.05) is 25.7 Å². The van der Waals surface area contributed by atoms with Crippen molar-refractivity contribution in [2.75, 3.05) is 4.90 Å². The Bertz CT molecular complexity index is 1540. The first-order valence-electron chi connectivity index (χ1n) is 10.4. The van der Waals surface area contributed by atoms with E-state index in [0.717, 1.165) is 11.6 Å². The third-order valence-corrected chi connectivity index (χ3v) is 6.76. The topological polar surface area (TPSA) is 120 Å². The third kappa shape index (κ3) is 4.17. The minimum absolute atomic E-state index is 0.0439. The van der Waals surface area contributed by atoms with Gasteiger partial charge in [-0.05, 0) is 54.4 Å². The third-order valence-electron chi connectivity index (χ3n) is 5.83. The van der Waals surface area contributed by atoms with E-state index in [4.69, 9.17) is 9.66 Å². The van der Waals surface area contributed by atoms with Crippen molar-refractivity contribution in [3.8, 4) is 22.8 Å². The molecule has 3 heterocycles. The lowest BCUT2D eigenvalue weighted by atomic mass is 10.1. The summed E-state index contributed by atoms with van der Waals surface area (Å²) >= 11 is 0. The van der Waals surface area contributed by atoms with E-state index in [1.165, 1.54) is 36.4 Å². The number of anilines is 1. The van der Waals surface area contributed by atoms with Crippen molar-refractivity contribution in [2.45, 2.75) is 31.1 Å². The normalized spacial score (nSPS) is 13.9. The van der Waals surface area contributed by atoms with Gasteiger partial charge in [-0.15, -0.1) is 0 Å². The van der Waals surface area contributed by atoms with Gasteiger partial charge in [0.25, 0.3) is 5.89 Å². The van der Waals surface area contributed by atoms with Crippen LogP contribution >= 0.6 is 0 Å². The largest absolute Gasteiger partial charge is 0.416 e. The number of aryl methyl sites for hydroxylation is 2. The number of rotatable bonds is 4. The molecule has 0 saturated carbocycles. The molecule has 4 aromatic rings. The molecule has 182 valence electrons. The van der Waals surface area contributed by atoms with E-state index in [9.17, 15) is 21.6 Å². The molecule has 0 aliphatic carbocycles. The number of hydrogen-bond acceptors (Lipinski definition) is 7. The van der Waals surface area contributed by atoms with E-state index >= 15 is 0 Å². The van der Waals surface area contributed by atoms with E-state index in [1.54, 1.807) is 18.7 Å². The fourth-order valence-electron chi connectivity index (χ4n) is 4.22. The Morgan fingerprint density at radius 2 is 1.74 bits per heavy atom. The Morgan fingerprint density at radius 1 is 1.06 bits per heavy atom. The van der Waals surface area contributed by atoms with E-state index in [-0.39, 0.29) is 23.2 Å². The smallest absolute Gasteiger partial charge is 0.347 e. The van der Waals surface area contributed by atoms with Gasteiger partial charge in [0.15, 0.2) is 0 Å². The SMILES string of the molecule is Cc1nn(C)c(N2Cc3ccc(C(F)(F)F)cc3C2)c1-c1nc(-c2ccc(S(N)(=O)=O)cc2)no1. The van der Waals surface area contributed by atoms with Crippen molar-refractivity contribution in [1.82, 2.24) is 19.9 Å². The van der Waals surface area contributed by atoms with Crippen LogP contribution in [0.2, 0.25) is 0 Å². The predicted octanol–water partition coefficient (Wildman–Crippen LogP) is 3.63. The molecule has 2 aromatic carbocycles. The number of primary sulfonamides is 1. The van der Waals surface area contributed by atoms with Crippen LogP contribution in [0, 0.1) is 6.92 Å². The number of halogens is 3. The molecule has 13 heteroatoms. The number of sulfonamides is 1. The van der Waals surface area contributed by atoms with E-state index in [2.05, 4.69) is 15.2 Å². The van der Waals surface area contributed by atoms with Crippen LogP contribution in [0.4, 0.5) is 19.0 Å². The highest BCUT2D eigenvalue weighted by molar-refractivity contribution is 7.89. The summed E-state index contributed by atoms with van der Waals surface area (Å²) in [5, 5.41) is 13.6. The number of nitrogens with zero attached hydrogens (tertiary/aromatic N) is 5. The monoisotopic (exact) mass is 504 g/mol. The number of benzene rings is 2. The van der Waals surface area contributed by atoms with Gasteiger partial charge in [-0.1, -0.05) is 11.2 Å². The van der Waals surface area contributed by atoms with Crippen molar-refractivity contribution in [3.05, 3.63) is 64.8 Å². The zero-order valence-electron chi connectivity index (χ0n) is 18.5. The van der Waals surface area contributed by atoms with Gasteiger partial charge in [0.05, 0.1) is 16.2 Å². The molecule has 0 amide bonds. The fraction of sp³-hybridized carbons (Fsp3) is 0.227. The molecule has 2 N–H and O–H groups in total. The van der Waals surface area contributed by atoms with Gasteiger partial charge >= 0.3 is 6.18 Å². The molecule has 0 fully saturated rings. The van der Waals surface area contributed by atoms with E-state index in [0.29, 0.717) is 34.7 Å². The van der Waals surface area contributed by atoms with Crippen LogP contribution in [0.3, 0.4) is 0 Å². The Balaban J connectivity index is 1.48. The zero-order chi connectivity index (χ0) is 25.1. The fourth-order valence-corrected chi connectivity index (χ4v) is 4.73. The summed E-state index contributed by atoms with van der Waals surface area (Å²) in [5.74, 6) is 1.05. The van der Waals surface area contributed by atoms with Gasteiger partial charge in [-0.25, -0.2) is 13.6 Å². The number of alkyl halides is 3. The second-order valence-electron chi connectivity index (χ2n) is 8.24. The minimum atomic E-state index is -4.41. The lowest BCUT2D eigenvalue weighted by molar-refractivity contribution is -0.137. The summed E-state index contributed by atoms with van der Waals surface area (Å²) in [5.41, 5.74) is 2.39. The first-order valence-corrected chi connectivity index (χ1v) is 11.9. The highest BCUT2D eigenvalue weighted by atomic mass is 32.2. The maximum atomic E-state index is 13.2. The van der Waals surface area contributed by atoms with E-state index < -0.39 is 21.8 Å². The van der Waals surface area contributed by atoms with Gasteiger partial charge in [0.2, 0.25) is 15.8 Å². The van der Waals surface area contributed by atoms with Gasteiger partial charge in [-0.2, -0.15) is 23.3 Å². The maximum absolute atomic E-state index is 13.2. The summed E-state index contributed by atoms with van der Waals surface area (Å²) in [6.45, 7) is 2.44. The molecule has 9 nitrogen and oxygen atoms in total. The molecule has 0 radical (unpaired) electrons. The molecule has 1 aliphatic heterocycles. The molecule has 1 aliphatic rings. The second kappa shape index (κ2) is 7.92. The first-order chi connectivity index (χ1) is 16.4. The Kier molecular flexibility index (Phi) is 5.21. The number of nitrogens with two attached hydrogens (primary N) is 1. The first kappa shape index (κ1) is 23.1. The molecular formula is C22H19F3N6O3S. The number of hydrogen-bond donors (Lipinski definition) is 1. The van der Waals surface area contributed by atoms with Gasteiger partial charge in [-0.3, -0.25) is 4.68 Å². The van der Waals surface area contributed by atoms with Crippen LogP contribution in [-0.4, -0.2) is 28.3 Å². The maximum Gasteiger partial charge on any atom is 0.416 e. The van der Waals surface area contributed by atoms with Crippen LogP contribution in [0.25, 0.3) is 22.8 Å². The summed E-state index contributed by atoms with van der Waals surface area (Å²) in [7, 11) is -2.10. The summed E-state index contributed by atoms with van der Waals surface area (Å²) in [4.78, 5) is 6.32. The van der Waals surface area contributed by atoms with Crippen molar-refractivity contribution >= 4 is 15.8 Å². The Morgan fingerprint density at radius 3 is 2.40 bits per heavy atom. The molecule has 0 spiro atoms. The van der Waals surface area contributed by atoms with Crippen molar-refractivity contribution in [1.29, 1.82) is 0 Å². The minimum Gasteiger partial charge on any atom is -0.347 e. The van der Waals surface area contributed by atoms with Crippen LogP contribution < -0.4 is 10.0 Å². The molecule has 0 atom stereocenters. The lowest BCUT2D eigenvalue weighted by Gasteiger charge is -2.18. The standard InChI is InChI=1S/C22H19F3N6O3S/c1-12-18(20-27-19(29-34-20)13-4-7-17(8-5-13)35(26,32)33)21(30(2)28-12)31-10-14-3-6-16(22(23,24)25)9-15(14)11-31/h3-9H,10-11H2,1-2H3,(H2,26,32,33).